The van der Waals surface area contributed by atoms with Crippen molar-refractivity contribution in [2.45, 2.75) is 18.9 Å². The zero-order valence-corrected chi connectivity index (χ0v) is 15.4. The highest BCUT2D eigenvalue weighted by molar-refractivity contribution is 8.06. The summed E-state index contributed by atoms with van der Waals surface area (Å²) in [5.41, 5.74) is 5.63. The van der Waals surface area contributed by atoms with Crippen molar-refractivity contribution < 1.29 is 4.74 Å². The SMILES string of the molecule is COCCN1CC(NC2Cc3ccccc3C2)=C(c2ccccc2)S1. The standard InChI is InChI=1S/C21H24N2OS/c1-24-12-11-23-15-20(21(25-23)16-7-3-2-4-8-16)22-19-13-17-9-5-6-10-18(17)14-19/h2-10,19,22H,11-15H2,1H3. The Labute approximate surface area is 154 Å². The van der Waals surface area contributed by atoms with Crippen molar-refractivity contribution in [3.8, 4) is 0 Å². The van der Waals surface area contributed by atoms with Gasteiger partial charge in [-0.1, -0.05) is 54.6 Å². The molecule has 25 heavy (non-hydrogen) atoms. The Bertz CT molecular complexity index is 735. The van der Waals surface area contributed by atoms with E-state index in [1.165, 1.54) is 27.3 Å². The second kappa shape index (κ2) is 7.65. The van der Waals surface area contributed by atoms with Crippen LogP contribution in [0.2, 0.25) is 0 Å². The lowest BCUT2D eigenvalue weighted by Gasteiger charge is -2.17. The number of hydrogen-bond donors (Lipinski definition) is 1. The molecule has 3 nitrogen and oxygen atoms in total. The quantitative estimate of drug-likeness (QED) is 0.801. The number of ether oxygens (including phenoxy) is 1. The monoisotopic (exact) mass is 352 g/mol. The molecule has 0 saturated carbocycles. The summed E-state index contributed by atoms with van der Waals surface area (Å²) in [4.78, 5) is 1.35. The molecule has 4 rings (SSSR count). The van der Waals surface area contributed by atoms with Gasteiger partial charge in [-0.2, -0.15) is 0 Å². The number of nitrogens with zero attached hydrogens (tertiary/aromatic N) is 1. The van der Waals surface area contributed by atoms with Gasteiger partial charge in [-0.05, 0) is 41.5 Å². The van der Waals surface area contributed by atoms with E-state index in [-0.39, 0.29) is 0 Å². The van der Waals surface area contributed by atoms with Crippen LogP contribution >= 0.6 is 11.9 Å². The van der Waals surface area contributed by atoms with Crippen LogP contribution in [-0.2, 0) is 17.6 Å². The van der Waals surface area contributed by atoms with E-state index in [1.54, 1.807) is 7.11 Å². The fraction of sp³-hybridized carbons (Fsp3) is 0.333. The third kappa shape index (κ3) is 3.76. The largest absolute Gasteiger partial charge is 0.383 e. The summed E-state index contributed by atoms with van der Waals surface area (Å²) < 4.78 is 7.65. The Balaban J connectivity index is 1.52. The highest BCUT2D eigenvalue weighted by atomic mass is 32.2. The Hall–Kier alpha value is -1.75. The summed E-state index contributed by atoms with van der Waals surface area (Å²) in [6, 6.07) is 20.0. The maximum atomic E-state index is 5.26. The third-order valence-electron chi connectivity index (χ3n) is 4.84. The van der Waals surface area contributed by atoms with Gasteiger partial charge in [-0.25, -0.2) is 4.31 Å². The molecule has 0 unspecified atom stereocenters. The Kier molecular flexibility index (Phi) is 5.11. The summed E-state index contributed by atoms with van der Waals surface area (Å²) in [6.45, 7) is 2.65. The van der Waals surface area contributed by atoms with Gasteiger partial charge in [0.15, 0.2) is 0 Å². The summed E-state index contributed by atoms with van der Waals surface area (Å²) >= 11 is 1.85. The van der Waals surface area contributed by atoms with E-state index in [0.717, 1.165) is 32.5 Å². The minimum atomic E-state index is 0.495. The predicted molar refractivity (Wildman–Crippen MR) is 105 cm³/mol. The van der Waals surface area contributed by atoms with Gasteiger partial charge in [0, 0.05) is 25.4 Å². The highest BCUT2D eigenvalue weighted by Crippen LogP contribution is 2.39. The molecule has 4 heteroatoms. The van der Waals surface area contributed by atoms with Crippen LogP contribution in [0.4, 0.5) is 0 Å². The van der Waals surface area contributed by atoms with Gasteiger partial charge in [0.2, 0.25) is 0 Å². The summed E-state index contributed by atoms with van der Waals surface area (Å²) in [7, 11) is 1.77. The number of nitrogens with one attached hydrogen (secondary N) is 1. The highest BCUT2D eigenvalue weighted by Gasteiger charge is 2.28. The summed E-state index contributed by atoms with van der Waals surface area (Å²) in [5, 5.41) is 3.86. The average Bonchev–Trinajstić information content (AvgIpc) is 3.24. The van der Waals surface area contributed by atoms with E-state index >= 15 is 0 Å². The molecular formula is C21H24N2OS. The zero-order valence-electron chi connectivity index (χ0n) is 14.6. The van der Waals surface area contributed by atoms with E-state index in [1.807, 2.05) is 11.9 Å². The minimum absolute atomic E-state index is 0.495. The lowest BCUT2D eigenvalue weighted by Crippen LogP contribution is -2.32. The van der Waals surface area contributed by atoms with Crippen molar-refractivity contribution in [1.29, 1.82) is 0 Å². The fourth-order valence-corrected chi connectivity index (χ4v) is 4.71. The van der Waals surface area contributed by atoms with Crippen molar-refractivity contribution in [3.63, 3.8) is 0 Å². The van der Waals surface area contributed by atoms with Crippen molar-refractivity contribution in [2.75, 3.05) is 26.8 Å². The van der Waals surface area contributed by atoms with Gasteiger partial charge in [-0.15, -0.1) is 0 Å². The van der Waals surface area contributed by atoms with Crippen molar-refractivity contribution >= 4 is 16.9 Å². The molecule has 0 aromatic heterocycles. The van der Waals surface area contributed by atoms with E-state index < -0.39 is 0 Å². The van der Waals surface area contributed by atoms with Crippen molar-refractivity contribution in [1.82, 2.24) is 9.62 Å². The second-order valence-corrected chi connectivity index (χ2v) is 7.75. The zero-order chi connectivity index (χ0) is 17.1. The molecule has 2 aromatic carbocycles. The van der Waals surface area contributed by atoms with Gasteiger partial charge in [0.25, 0.3) is 0 Å². The second-order valence-electron chi connectivity index (χ2n) is 6.64. The van der Waals surface area contributed by atoms with Crippen LogP contribution in [0.25, 0.3) is 4.91 Å². The Morgan fingerprint density at radius 1 is 1.04 bits per heavy atom. The van der Waals surface area contributed by atoms with Crippen LogP contribution < -0.4 is 5.32 Å². The number of rotatable bonds is 6. The molecule has 0 atom stereocenters. The molecule has 0 amide bonds. The first-order valence-electron chi connectivity index (χ1n) is 8.87. The van der Waals surface area contributed by atoms with Gasteiger partial charge in [-0.3, -0.25) is 0 Å². The van der Waals surface area contributed by atoms with Gasteiger partial charge in [0.1, 0.15) is 0 Å². The smallest absolute Gasteiger partial charge is 0.0599 e. The number of fused-ring (bicyclic) bond motifs is 1. The summed E-state index contributed by atoms with van der Waals surface area (Å²) in [5.74, 6) is 0. The van der Waals surface area contributed by atoms with Crippen LogP contribution in [0.1, 0.15) is 16.7 Å². The first-order chi connectivity index (χ1) is 12.3. The first kappa shape index (κ1) is 16.7. The van der Waals surface area contributed by atoms with Crippen molar-refractivity contribution in [3.05, 3.63) is 77.0 Å². The third-order valence-corrected chi connectivity index (χ3v) is 6.07. The number of methoxy groups -OCH3 is 1. The molecule has 0 spiro atoms. The molecule has 0 fully saturated rings. The van der Waals surface area contributed by atoms with Crippen LogP contribution in [0.3, 0.4) is 0 Å². The molecular weight excluding hydrogens is 328 g/mol. The topological polar surface area (TPSA) is 24.5 Å². The molecule has 2 aliphatic rings. The van der Waals surface area contributed by atoms with Gasteiger partial charge >= 0.3 is 0 Å². The lowest BCUT2D eigenvalue weighted by molar-refractivity contribution is 0.185. The fourth-order valence-electron chi connectivity index (χ4n) is 3.62. The van der Waals surface area contributed by atoms with Crippen LogP contribution in [-0.4, -0.2) is 37.2 Å². The van der Waals surface area contributed by atoms with E-state index in [2.05, 4.69) is 64.2 Å². The molecule has 2 aromatic rings. The Morgan fingerprint density at radius 2 is 1.72 bits per heavy atom. The van der Waals surface area contributed by atoms with Crippen molar-refractivity contribution in [2.24, 2.45) is 0 Å². The lowest BCUT2D eigenvalue weighted by atomic mass is 10.1. The first-order valence-corrected chi connectivity index (χ1v) is 9.64. The summed E-state index contributed by atoms with van der Waals surface area (Å²) in [6.07, 6.45) is 2.23. The predicted octanol–water partition coefficient (Wildman–Crippen LogP) is 3.72. The minimum Gasteiger partial charge on any atom is -0.383 e. The average molecular weight is 353 g/mol. The number of hydrogen-bond acceptors (Lipinski definition) is 4. The van der Waals surface area contributed by atoms with Gasteiger partial charge in [0.05, 0.1) is 18.1 Å². The normalized spacial score (nSPS) is 18.0. The molecule has 1 heterocycles. The van der Waals surface area contributed by atoms with Crippen LogP contribution in [0.15, 0.2) is 60.3 Å². The molecule has 1 N–H and O–H groups in total. The molecule has 0 radical (unpaired) electrons. The molecule has 0 bridgehead atoms. The molecule has 1 aliphatic heterocycles. The van der Waals surface area contributed by atoms with Gasteiger partial charge < -0.3 is 10.1 Å². The van der Waals surface area contributed by atoms with E-state index in [4.69, 9.17) is 4.74 Å². The maximum absolute atomic E-state index is 5.26. The maximum Gasteiger partial charge on any atom is 0.0599 e. The molecule has 0 saturated heterocycles. The number of benzene rings is 2. The molecule has 1 aliphatic carbocycles. The van der Waals surface area contributed by atoms with Crippen LogP contribution in [0.5, 0.6) is 0 Å². The van der Waals surface area contributed by atoms with E-state index in [0.29, 0.717) is 6.04 Å². The molecule has 130 valence electrons. The Morgan fingerprint density at radius 3 is 2.40 bits per heavy atom. The van der Waals surface area contributed by atoms with Crippen LogP contribution in [0, 0.1) is 0 Å². The van der Waals surface area contributed by atoms with E-state index in [9.17, 15) is 0 Å².